The van der Waals surface area contributed by atoms with Crippen molar-refractivity contribution in [3.63, 3.8) is 0 Å². The Labute approximate surface area is 141 Å². The highest BCUT2D eigenvalue weighted by Gasteiger charge is 2.20. The van der Waals surface area contributed by atoms with Crippen molar-refractivity contribution in [2.75, 3.05) is 5.32 Å². The Balaban J connectivity index is 2.05. The number of benzene rings is 1. The summed E-state index contributed by atoms with van der Waals surface area (Å²) in [5.74, 6) is -2.03. The predicted molar refractivity (Wildman–Crippen MR) is 88.1 cm³/mol. The lowest BCUT2D eigenvalue weighted by Crippen LogP contribution is -2.24. The maximum atomic E-state index is 13.6. The van der Waals surface area contributed by atoms with E-state index in [0.717, 1.165) is 36.7 Å². The first-order chi connectivity index (χ1) is 11.4. The van der Waals surface area contributed by atoms with E-state index in [-0.39, 0.29) is 11.4 Å². The van der Waals surface area contributed by atoms with Crippen LogP contribution in [0.3, 0.4) is 0 Å². The average molecular weight is 356 g/mol. The van der Waals surface area contributed by atoms with Gasteiger partial charge >= 0.3 is 5.69 Å². The molecule has 0 fully saturated rings. The van der Waals surface area contributed by atoms with E-state index in [2.05, 4.69) is 15.5 Å². The molecule has 1 atom stereocenters. The SMILES string of the molecule is CCCCn1c(S[C@@H](C)C(=O)Nc2ccc(F)cc2F)n[nH]c1=O. The molecule has 0 aliphatic heterocycles. The first-order valence-electron chi connectivity index (χ1n) is 7.50. The zero-order chi connectivity index (χ0) is 17.7. The van der Waals surface area contributed by atoms with Gasteiger partial charge in [-0.2, -0.15) is 0 Å². The number of nitrogens with zero attached hydrogens (tertiary/aromatic N) is 2. The molecule has 6 nitrogen and oxygen atoms in total. The van der Waals surface area contributed by atoms with Gasteiger partial charge in [-0.25, -0.2) is 18.7 Å². The molecular weight excluding hydrogens is 338 g/mol. The Morgan fingerprint density at radius 3 is 2.88 bits per heavy atom. The van der Waals surface area contributed by atoms with Gasteiger partial charge in [-0.1, -0.05) is 25.1 Å². The summed E-state index contributed by atoms with van der Waals surface area (Å²) >= 11 is 1.09. The number of unbranched alkanes of at least 4 members (excludes halogenated alkanes) is 1. The number of anilines is 1. The summed E-state index contributed by atoms with van der Waals surface area (Å²) in [6.45, 7) is 4.13. The molecule has 24 heavy (non-hydrogen) atoms. The summed E-state index contributed by atoms with van der Waals surface area (Å²) < 4.78 is 27.9. The van der Waals surface area contributed by atoms with Crippen LogP contribution in [-0.4, -0.2) is 25.9 Å². The van der Waals surface area contributed by atoms with Crippen LogP contribution in [0.5, 0.6) is 0 Å². The molecule has 1 aromatic carbocycles. The summed E-state index contributed by atoms with van der Waals surface area (Å²) in [5.41, 5.74) is -0.428. The number of hydrogen-bond donors (Lipinski definition) is 2. The van der Waals surface area contributed by atoms with Crippen LogP contribution in [0.2, 0.25) is 0 Å². The van der Waals surface area contributed by atoms with Crippen LogP contribution in [0, 0.1) is 11.6 Å². The van der Waals surface area contributed by atoms with Crippen molar-refractivity contribution in [2.24, 2.45) is 0 Å². The van der Waals surface area contributed by atoms with Gasteiger partial charge in [0.2, 0.25) is 5.91 Å². The summed E-state index contributed by atoms with van der Waals surface area (Å²) in [6.07, 6.45) is 1.73. The Morgan fingerprint density at radius 1 is 1.46 bits per heavy atom. The van der Waals surface area contributed by atoms with Gasteiger partial charge in [-0.15, -0.1) is 5.10 Å². The maximum absolute atomic E-state index is 13.6. The fourth-order valence-electron chi connectivity index (χ4n) is 1.94. The van der Waals surface area contributed by atoms with Gasteiger partial charge in [0, 0.05) is 12.6 Å². The highest BCUT2D eigenvalue weighted by Crippen LogP contribution is 2.22. The van der Waals surface area contributed by atoms with Crippen molar-refractivity contribution in [3.8, 4) is 0 Å². The summed E-state index contributed by atoms with van der Waals surface area (Å²) in [4.78, 5) is 23.9. The third-order valence-electron chi connectivity index (χ3n) is 3.30. The molecule has 0 radical (unpaired) electrons. The van der Waals surface area contributed by atoms with E-state index in [0.29, 0.717) is 17.8 Å². The molecule has 1 aromatic heterocycles. The maximum Gasteiger partial charge on any atom is 0.343 e. The number of carbonyl (C=O) groups is 1. The summed E-state index contributed by atoms with van der Waals surface area (Å²) in [6, 6.07) is 2.92. The molecule has 2 rings (SSSR count). The van der Waals surface area contributed by atoms with Crippen molar-refractivity contribution >= 4 is 23.4 Å². The minimum absolute atomic E-state index is 0.0979. The lowest BCUT2D eigenvalue weighted by atomic mass is 10.3. The number of hydrogen-bond acceptors (Lipinski definition) is 4. The van der Waals surface area contributed by atoms with Crippen molar-refractivity contribution in [1.29, 1.82) is 0 Å². The minimum Gasteiger partial charge on any atom is -0.323 e. The van der Waals surface area contributed by atoms with Gasteiger partial charge < -0.3 is 5.32 Å². The molecule has 0 bridgehead atoms. The molecule has 1 amide bonds. The Kier molecular flexibility index (Phi) is 6.13. The smallest absolute Gasteiger partial charge is 0.323 e. The van der Waals surface area contributed by atoms with E-state index in [1.165, 1.54) is 4.57 Å². The molecule has 9 heteroatoms. The number of thioether (sulfide) groups is 1. The third-order valence-corrected chi connectivity index (χ3v) is 4.39. The van der Waals surface area contributed by atoms with Crippen LogP contribution < -0.4 is 11.0 Å². The van der Waals surface area contributed by atoms with E-state index in [1.807, 2.05) is 6.92 Å². The molecule has 2 N–H and O–H groups in total. The molecule has 0 aliphatic carbocycles. The number of H-pyrrole nitrogens is 1. The second-order valence-electron chi connectivity index (χ2n) is 5.19. The molecule has 0 spiro atoms. The van der Waals surface area contributed by atoms with Crippen molar-refractivity contribution in [1.82, 2.24) is 14.8 Å². The number of halogens is 2. The van der Waals surface area contributed by atoms with Gasteiger partial charge in [0.25, 0.3) is 0 Å². The molecule has 130 valence electrons. The summed E-state index contributed by atoms with van der Waals surface area (Å²) in [7, 11) is 0. The van der Waals surface area contributed by atoms with Crippen molar-refractivity contribution < 1.29 is 13.6 Å². The van der Waals surface area contributed by atoms with E-state index in [4.69, 9.17) is 0 Å². The van der Waals surface area contributed by atoms with Gasteiger partial charge in [-0.3, -0.25) is 9.36 Å². The van der Waals surface area contributed by atoms with E-state index >= 15 is 0 Å². The van der Waals surface area contributed by atoms with Crippen LogP contribution in [0.4, 0.5) is 14.5 Å². The van der Waals surface area contributed by atoms with Gasteiger partial charge in [0.05, 0.1) is 10.9 Å². The zero-order valence-corrected chi connectivity index (χ0v) is 14.1. The first kappa shape index (κ1) is 18.2. The zero-order valence-electron chi connectivity index (χ0n) is 13.3. The molecular formula is C15H18F2N4O2S. The number of amides is 1. The van der Waals surface area contributed by atoms with Crippen LogP contribution in [0.15, 0.2) is 28.2 Å². The first-order valence-corrected chi connectivity index (χ1v) is 8.38. The number of nitrogens with one attached hydrogen (secondary N) is 2. The van der Waals surface area contributed by atoms with Crippen LogP contribution in [-0.2, 0) is 11.3 Å². The number of rotatable bonds is 7. The quantitative estimate of drug-likeness (QED) is 0.748. The Hall–Kier alpha value is -2.16. The van der Waals surface area contributed by atoms with Gasteiger partial charge in [0.15, 0.2) is 5.16 Å². The van der Waals surface area contributed by atoms with Crippen LogP contribution >= 0.6 is 11.8 Å². The largest absolute Gasteiger partial charge is 0.343 e. The standard InChI is InChI=1S/C15H18F2N4O2S/c1-3-4-7-21-14(23)19-20-15(21)24-9(2)13(22)18-12-6-5-10(16)8-11(12)17/h5-6,8-9H,3-4,7H2,1-2H3,(H,18,22)(H,19,23)/t9-/m0/s1. The predicted octanol–water partition coefficient (Wildman–Crippen LogP) is 2.77. The molecule has 0 saturated carbocycles. The highest BCUT2D eigenvalue weighted by atomic mass is 32.2. The lowest BCUT2D eigenvalue weighted by Gasteiger charge is -2.12. The number of aromatic nitrogens is 3. The molecule has 0 unspecified atom stereocenters. The third kappa shape index (κ3) is 4.44. The fraction of sp³-hybridized carbons (Fsp3) is 0.400. The summed E-state index contributed by atoms with van der Waals surface area (Å²) in [5, 5.41) is 8.45. The van der Waals surface area contributed by atoms with E-state index < -0.39 is 22.8 Å². The van der Waals surface area contributed by atoms with E-state index in [1.54, 1.807) is 6.92 Å². The Bertz CT molecular complexity index is 775. The van der Waals surface area contributed by atoms with E-state index in [9.17, 15) is 18.4 Å². The van der Waals surface area contributed by atoms with Crippen molar-refractivity contribution in [3.05, 3.63) is 40.3 Å². The van der Waals surface area contributed by atoms with Gasteiger partial charge in [-0.05, 0) is 25.5 Å². The number of carbonyl (C=O) groups excluding carboxylic acids is 1. The minimum atomic E-state index is -0.847. The second-order valence-corrected chi connectivity index (χ2v) is 6.50. The fourth-order valence-corrected chi connectivity index (χ4v) is 2.83. The van der Waals surface area contributed by atoms with Crippen molar-refractivity contribution in [2.45, 2.75) is 43.6 Å². The lowest BCUT2D eigenvalue weighted by molar-refractivity contribution is -0.115. The topological polar surface area (TPSA) is 79.8 Å². The van der Waals surface area contributed by atoms with Gasteiger partial charge in [0.1, 0.15) is 11.6 Å². The monoisotopic (exact) mass is 356 g/mol. The molecule has 2 aromatic rings. The number of aromatic amines is 1. The Morgan fingerprint density at radius 2 is 2.21 bits per heavy atom. The molecule has 0 saturated heterocycles. The second kappa shape index (κ2) is 8.09. The normalized spacial score (nSPS) is 12.2. The molecule has 1 heterocycles. The highest BCUT2D eigenvalue weighted by molar-refractivity contribution is 8.00. The average Bonchev–Trinajstić information content (AvgIpc) is 2.88. The molecule has 0 aliphatic rings. The van der Waals surface area contributed by atoms with Crippen LogP contribution in [0.25, 0.3) is 0 Å². The van der Waals surface area contributed by atoms with Crippen LogP contribution in [0.1, 0.15) is 26.7 Å².